The minimum atomic E-state index is -0.653. The largest absolute Gasteiger partial charge is 0.463 e. The van der Waals surface area contributed by atoms with Crippen molar-refractivity contribution in [3.8, 4) is 0 Å². The van der Waals surface area contributed by atoms with E-state index in [1.807, 2.05) is 30.5 Å². The quantitative estimate of drug-likeness (QED) is 0.358. The molecule has 0 radical (unpaired) electrons. The molecule has 4 rings (SSSR count). The van der Waals surface area contributed by atoms with Crippen molar-refractivity contribution in [2.24, 2.45) is 4.99 Å². The second-order valence-corrected chi connectivity index (χ2v) is 9.91. The predicted molar refractivity (Wildman–Crippen MR) is 135 cm³/mol. The summed E-state index contributed by atoms with van der Waals surface area (Å²) >= 11 is 15.5. The first kappa shape index (κ1) is 23.8. The van der Waals surface area contributed by atoms with Gasteiger partial charge in [0.15, 0.2) is 4.80 Å². The number of aromatic nitrogens is 1. The second-order valence-electron chi connectivity index (χ2n) is 7.21. The van der Waals surface area contributed by atoms with E-state index in [1.54, 1.807) is 54.5 Å². The fraction of sp³-hybridized carbons (Fsp3) is 0.208. The summed E-state index contributed by atoms with van der Waals surface area (Å²) in [5, 5.41) is 0.891. The van der Waals surface area contributed by atoms with Crippen LogP contribution in [0.4, 0.5) is 0 Å². The monoisotopic (exact) mass is 518 g/mol. The topological polar surface area (TPSA) is 60.7 Å². The van der Waals surface area contributed by atoms with Crippen molar-refractivity contribution in [1.29, 1.82) is 0 Å². The standard InChI is InChI=1S/C24H20Cl2N2O3S2/c1-4-31-23(30)20-13(2)27-24-28(21(20)14-8-10-15(32-3)11-9-14)22(29)19(33-24)12-16-17(25)6-5-7-18(16)26/h5-12,21H,4H2,1-3H3. The zero-order valence-electron chi connectivity index (χ0n) is 18.1. The second kappa shape index (κ2) is 9.89. The molecule has 5 nitrogen and oxygen atoms in total. The van der Waals surface area contributed by atoms with Crippen molar-refractivity contribution >= 4 is 58.3 Å². The van der Waals surface area contributed by atoms with Crippen LogP contribution < -0.4 is 14.9 Å². The van der Waals surface area contributed by atoms with Gasteiger partial charge in [-0.15, -0.1) is 11.8 Å². The Bertz CT molecular complexity index is 1420. The van der Waals surface area contributed by atoms with Crippen molar-refractivity contribution in [3.05, 3.63) is 94.6 Å². The summed E-state index contributed by atoms with van der Waals surface area (Å²) in [4.78, 5) is 32.7. The van der Waals surface area contributed by atoms with Crippen LogP contribution in [0.25, 0.3) is 6.08 Å². The molecule has 0 spiro atoms. The van der Waals surface area contributed by atoms with E-state index in [1.165, 1.54) is 11.3 Å². The lowest BCUT2D eigenvalue weighted by molar-refractivity contribution is -0.139. The summed E-state index contributed by atoms with van der Waals surface area (Å²) < 4.78 is 7.30. The van der Waals surface area contributed by atoms with Crippen LogP contribution in [0.15, 0.2) is 68.4 Å². The highest BCUT2D eigenvalue weighted by atomic mass is 35.5. The smallest absolute Gasteiger partial charge is 0.338 e. The Morgan fingerprint density at radius 3 is 2.48 bits per heavy atom. The Hall–Kier alpha value is -2.32. The molecule has 0 aliphatic carbocycles. The lowest BCUT2D eigenvalue weighted by Crippen LogP contribution is -2.39. The van der Waals surface area contributed by atoms with Gasteiger partial charge in [0.2, 0.25) is 0 Å². The van der Waals surface area contributed by atoms with E-state index < -0.39 is 12.0 Å². The number of hydrogen-bond acceptors (Lipinski definition) is 6. The van der Waals surface area contributed by atoms with E-state index in [0.717, 1.165) is 10.5 Å². The fourth-order valence-corrected chi connectivity index (χ4v) is 5.62. The normalized spacial score (nSPS) is 15.9. The molecular formula is C24H20Cl2N2O3S2. The van der Waals surface area contributed by atoms with Crippen LogP contribution in [0.1, 0.15) is 31.0 Å². The summed E-state index contributed by atoms with van der Waals surface area (Å²) in [7, 11) is 0. The van der Waals surface area contributed by atoms with Crippen LogP contribution in [0.5, 0.6) is 0 Å². The summed E-state index contributed by atoms with van der Waals surface area (Å²) in [6.07, 6.45) is 3.66. The maximum absolute atomic E-state index is 13.6. The number of thioether (sulfide) groups is 1. The molecule has 1 aliphatic rings. The molecule has 0 bridgehead atoms. The number of benzene rings is 2. The highest BCUT2D eigenvalue weighted by Gasteiger charge is 2.33. The molecule has 1 unspecified atom stereocenters. The van der Waals surface area contributed by atoms with Gasteiger partial charge in [-0.25, -0.2) is 9.79 Å². The van der Waals surface area contributed by atoms with Crippen LogP contribution in [0.2, 0.25) is 10.0 Å². The first-order chi connectivity index (χ1) is 15.8. The molecule has 1 aliphatic heterocycles. The van der Waals surface area contributed by atoms with Gasteiger partial charge in [0, 0.05) is 20.5 Å². The summed E-state index contributed by atoms with van der Waals surface area (Å²) in [5.74, 6) is -0.485. The van der Waals surface area contributed by atoms with Crippen LogP contribution in [-0.2, 0) is 9.53 Å². The number of fused-ring (bicyclic) bond motifs is 1. The van der Waals surface area contributed by atoms with E-state index in [9.17, 15) is 9.59 Å². The maximum atomic E-state index is 13.6. The zero-order chi connectivity index (χ0) is 23.7. The van der Waals surface area contributed by atoms with Gasteiger partial charge in [-0.3, -0.25) is 9.36 Å². The summed E-state index contributed by atoms with van der Waals surface area (Å²) in [6, 6.07) is 12.3. The van der Waals surface area contributed by atoms with Crippen LogP contribution in [0, 0.1) is 0 Å². The molecule has 9 heteroatoms. The number of rotatable bonds is 5. The minimum absolute atomic E-state index is 0.225. The van der Waals surface area contributed by atoms with Crippen molar-refractivity contribution in [3.63, 3.8) is 0 Å². The van der Waals surface area contributed by atoms with Gasteiger partial charge in [-0.1, -0.05) is 52.7 Å². The molecule has 33 heavy (non-hydrogen) atoms. The molecule has 3 aromatic rings. The molecule has 2 aromatic carbocycles. The summed E-state index contributed by atoms with van der Waals surface area (Å²) in [6.45, 7) is 3.74. The highest BCUT2D eigenvalue weighted by molar-refractivity contribution is 7.98. The Balaban J connectivity index is 1.97. The first-order valence-corrected chi connectivity index (χ1v) is 12.9. The lowest BCUT2D eigenvalue weighted by atomic mass is 9.96. The Morgan fingerprint density at radius 2 is 1.88 bits per heavy atom. The van der Waals surface area contributed by atoms with Gasteiger partial charge in [0.25, 0.3) is 5.56 Å². The first-order valence-electron chi connectivity index (χ1n) is 10.1. The number of carbonyl (C=O) groups is 1. The summed E-state index contributed by atoms with van der Waals surface area (Å²) in [5.41, 5.74) is 1.96. The number of halogens is 2. The third-order valence-corrected chi connectivity index (χ3v) is 7.61. The molecule has 0 fully saturated rings. The van der Waals surface area contributed by atoms with Gasteiger partial charge in [0.05, 0.1) is 28.5 Å². The van der Waals surface area contributed by atoms with Gasteiger partial charge in [-0.05, 0) is 56.0 Å². The van der Waals surface area contributed by atoms with Crippen molar-refractivity contribution in [2.45, 2.75) is 24.8 Å². The average Bonchev–Trinajstić information content (AvgIpc) is 3.10. The van der Waals surface area contributed by atoms with Crippen LogP contribution in [-0.4, -0.2) is 23.4 Å². The van der Waals surface area contributed by atoms with Gasteiger partial charge in [0.1, 0.15) is 0 Å². The lowest BCUT2D eigenvalue weighted by Gasteiger charge is -2.24. The third kappa shape index (κ3) is 4.55. The van der Waals surface area contributed by atoms with Gasteiger partial charge in [-0.2, -0.15) is 0 Å². The molecule has 1 aromatic heterocycles. The van der Waals surface area contributed by atoms with E-state index >= 15 is 0 Å². The minimum Gasteiger partial charge on any atom is -0.463 e. The van der Waals surface area contributed by atoms with Crippen molar-refractivity contribution < 1.29 is 9.53 Å². The van der Waals surface area contributed by atoms with Crippen LogP contribution in [0.3, 0.4) is 0 Å². The molecule has 0 N–H and O–H groups in total. The maximum Gasteiger partial charge on any atom is 0.338 e. The Morgan fingerprint density at radius 1 is 1.21 bits per heavy atom. The zero-order valence-corrected chi connectivity index (χ0v) is 21.2. The fourth-order valence-electron chi connectivity index (χ4n) is 3.67. The molecule has 2 heterocycles. The Labute approximate surface area is 209 Å². The predicted octanol–water partition coefficient (Wildman–Crippen LogP) is 4.83. The highest BCUT2D eigenvalue weighted by Crippen LogP contribution is 2.32. The average molecular weight is 519 g/mol. The number of nitrogens with zero attached hydrogens (tertiary/aromatic N) is 2. The number of esters is 1. The Kier molecular flexibility index (Phi) is 7.14. The molecular weight excluding hydrogens is 499 g/mol. The van der Waals surface area contributed by atoms with Gasteiger partial charge < -0.3 is 4.74 Å². The number of thiazole rings is 1. The molecule has 0 saturated carbocycles. The molecule has 170 valence electrons. The number of carbonyl (C=O) groups excluding carboxylic acids is 1. The van der Waals surface area contributed by atoms with Crippen molar-refractivity contribution in [1.82, 2.24) is 4.57 Å². The van der Waals surface area contributed by atoms with Crippen molar-refractivity contribution in [2.75, 3.05) is 12.9 Å². The van der Waals surface area contributed by atoms with Gasteiger partial charge >= 0.3 is 5.97 Å². The SMILES string of the molecule is CCOC(=O)C1=C(C)N=c2sc(=Cc3c(Cl)cccc3Cl)c(=O)n2C1c1ccc(SC)cc1. The van der Waals surface area contributed by atoms with E-state index in [0.29, 0.717) is 36.2 Å². The molecule has 1 atom stereocenters. The van der Waals surface area contributed by atoms with E-state index in [2.05, 4.69) is 4.99 Å². The number of allylic oxidation sites excluding steroid dienone is 1. The van der Waals surface area contributed by atoms with E-state index in [4.69, 9.17) is 27.9 Å². The van der Waals surface area contributed by atoms with Crippen LogP contribution >= 0.6 is 46.3 Å². The number of ether oxygens (including phenoxy) is 1. The van der Waals surface area contributed by atoms with E-state index in [-0.39, 0.29) is 12.2 Å². The third-order valence-electron chi connectivity index (χ3n) is 5.22. The molecule has 0 amide bonds. The molecule has 0 saturated heterocycles. The number of hydrogen-bond donors (Lipinski definition) is 0.